The van der Waals surface area contributed by atoms with Crippen LogP contribution in [0.15, 0.2) is 18.2 Å². The minimum atomic E-state index is -0.896. The highest BCUT2D eigenvalue weighted by Crippen LogP contribution is 2.18. The highest BCUT2D eigenvalue weighted by molar-refractivity contribution is 5.97. The van der Waals surface area contributed by atoms with E-state index in [0.717, 1.165) is 5.56 Å². The van der Waals surface area contributed by atoms with Crippen molar-refractivity contribution in [2.75, 3.05) is 12.3 Å². The predicted molar refractivity (Wildman–Crippen MR) is 71.7 cm³/mol. The number of esters is 2. The Morgan fingerprint density at radius 1 is 1.32 bits per heavy atom. The molecule has 0 aliphatic carbocycles. The van der Waals surface area contributed by atoms with E-state index in [1.165, 1.54) is 0 Å². The van der Waals surface area contributed by atoms with Gasteiger partial charge in [0.2, 0.25) is 0 Å². The number of hydrogen-bond donors (Lipinski definition) is 1. The molecule has 104 valence electrons. The normalized spacial score (nSPS) is 11.7. The van der Waals surface area contributed by atoms with Gasteiger partial charge in [-0.2, -0.15) is 0 Å². The summed E-state index contributed by atoms with van der Waals surface area (Å²) in [5, 5.41) is 0. The van der Waals surface area contributed by atoms with Gasteiger partial charge < -0.3 is 15.2 Å². The topological polar surface area (TPSA) is 78.6 Å². The van der Waals surface area contributed by atoms with Crippen molar-refractivity contribution in [2.45, 2.75) is 33.3 Å². The minimum Gasteiger partial charge on any atom is -0.463 e. The lowest BCUT2D eigenvalue weighted by Gasteiger charge is -2.15. The molecule has 0 aliphatic heterocycles. The van der Waals surface area contributed by atoms with Crippen LogP contribution in [0.3, 0.4) is 0 Å². The Morgan fingerprint density at radius 2 is 2.00 bits per heavy atom. The maximum Gasteiger partial charge on any atom is 0.347 e. The molecule has 1 atom stereocenters. The van der Waals surface area contributed by atoms with Gasteiger partial charge in [0, 0.05) is 5.69 Å². The Labute approximate surface area is 112 Å². The first-order valence-electron chi connectivity index (χ1n) is 6.23. The van der Waals surface area contributed by atoms with E-state index in [1.807, 2.05) is 0 Å². The van der Waals surface area contributed by atoms with Gasteiger partial charge in [0.05, 0.1) is 12.2 Å². The third kappa shape index (κ3) is 3.71. The van der Waals surface area contributed by atoms with Crippen LogP contribution in [0.5, 0.6) is 0 Å². The maximum atomic E-state index is 12.0. The van der Waals surface area contributed by atoms with Gasteiger partial charge in [0.15, 0.2) is 6.10 Å². The van der Waals surface area contributed by atoms with Crippen molar-refractivity contribution >= 4 is 17.6 Å². The van der Waals surface area contributed by atoms with Crippen LogP contribution in [-0.4, -0.2) is 24.6 Å². The maximum absolute atomic E-state index is 12.0. The van der Waals surface area contributed by atoms with Crippen LogP contribution in [0, 0.1) is 6.92 Å². The fourth-order valence-electron chi connectivity index (χ4n) is 1.58. The molecule has 0 amide bonds. The fourth-order valence-corrected chi connectivity index (χ4v) is 1.58. The van der Waals surface area contributed by atoms with Crippen molar-refractivity contribution in [1.82, 2.24) is 0 Å². The molecule has 1 rings (SSSR count). The molecule has 1 unspecified atom stereocenters. The van der Waals surface area contributed by atoms with E-state index in [1.54, 1.807) is 39.0 Å². The predicted octanol–water partition coefficient (Wildman–Crippen LogP) is 2.08. The number of rotatable bonds is 5. The summed E-state index contributed by atoms with van der Waals surface area (Å²) in [5.41, 5.74) is 7.24. The molecular formula is C14H19NO4. The van der Waals surface area contributed by atoms with Crippen molar-refractivity contribution in [3.63, 3.8) is 0 Å². The van der Waals surface area contributed by atoms with Crippen molar-refractivity contribution in [1.29, 1.82) is 0 Å². The molecule has 0 fully saturated rings. The Bertz CT molecular complexity index is 471. The molecule has 5 heteroatoms. The van der Waals surface area contributed by atoms with Gasteiger partial charge in [0.25, 0.3) is 0 Å². The highest BCUT2D eigenvalue weighted by Gasteiger charge is 2.24. The van der Waals surface area contributed by atoms with Crippen molar-refractivity contribution in [2.24, 2.45) is 0 Å². The summed E-state index contributed by atoms with van der Waals surface area (Å²) in [6, 6.07) is 5.09. The number of carbonyl (C=O) groups excluding carboxylic acids is 2. The van der Waals surface area contributed by atoms with E-state index >= 15 is 0 Å². The molecule has 0 spiro atoms. The Kier molecular flexibility index (Phi) is 5.36. The molecule has 0 aromatic heterocycles. The van der Waals surface area contributed by atoms with E-state index in [0.29, 0.717) is 12.1 Å². The first-order valence-corrected chi connectivity index (χ1v) is 6.23. The van der Waals surface area contributed by atoms with Gasteiger partial charge in [0.1, 0.15) is 0 Å². The van der Waals surface area contributed by atoms with Crippen LogP contribution in [0.1, 0.15) is 36.2 Å². The number of nitrogen functional groups attached to an aromatic ring is 1. The lowest BCUT2D eigenvalue weighted by molar-refractivity contribution is -0.153. The standard InChI is InChI=1S/C14H19NO4/c1-4-11(14(17)18-5-2)19-13(16)10-8-6-7-9(3)12(10)15/h6-8,11H,4-5,15H2,1-3H3. The summed E-state index contributed by atoms with van der Waals surface area (Å²) in [4.78, 5) is 23.5. The van der Waals surface area contributed by atoms with Gasteiger partial charge in [-0.15, -0.1) is 0 Å². The fraction of sp³-hybridized carbons (Fsp3) is 0.429. The molecule has 0 bridgehead atoms. The molecule has 19 heavy (non-hydrogen) atoms. The minimum absolute atomic E-state index is 0.249. The number of carbonyl (C=O) groups is 2. The lowest BCUT2D eigenvalue weighted by atomic mass is 10.1. The van der Waals surface area contributed by atoms with E-state index in [4.69, 9.17) is 15.2 Å². The molecule has 2 N–H and O–H groups in total. The zero-order valence-electron chi connectivity index (χ0n) is 11.4. The lowest BCUT2D eigenvalue weighted by Crippen LogP contribution is -2.29. The quantitative estimate of drug-likeness (QED) is 0.651. The number of nitrogens with two attached hydrogens (primary N) is 1. The Hall–Kier alpha value is -2.04. The molecule has 0 saturated carbocycles. The van der Waals surface area contributed by atoms with Crippen molar-refractivity contribution in [3.8, 4) is 0 Å². The van der Waals surface area contributed by atoms with Gasteiger partial charge in [-0.25, -0.2) is 9.59 Å². The zero-order valence-corrected chi connectivity index (χ0v) is 11.4. The number of benzene rings is 1. The van der Waals surface area contributed by atoms with Crippen LogP contribution < -0.4 is 5.73 Å². The number of ether oxygens (including phenoxy) is 2. The van der Waals surface area contributed by atoms with Crippen molar-refractivity contribution < 1.29 is 19.1 Å². The molecule has 0 heterocycles. The van der Waals surface area contributed by atoms with E-state index in [2.05, 4.69) is 0 Å². The van der Waals surface area contributed by atoms with Gasteiger partial charge in [-0.05, 0) is 31.9 Å². The summed E-state index contributed by atoms with van der Waals surface area (Å²) < 4.78 is 9.98. The third-order valence-electron chi connectivity index (χ3n) is 2.71. The summed E-state index contributed by atoms with van der Waals surface area (Å²) in [7, 11) is 0. The summed E-state index contributed by atoms with van der Waals surface area (Å²) in [6.07, 6.45) is -0.539. The smallest absolute Gasteiger partial charge is 0.347 e. The SMILES string of the molecule is CCOC(=O)C(CC)OC(=O)c1cccc(C)c1N. The van der Waals surface area contributed by atoms with Crippen LogP contribution in [0.2, 0.25) is 0 Å². The second-order valence-electron chi connectivity index (χ2n) is 4.09. The van der Waals surface area contributed by atoms with Crippen LogP contribution in [-0.2, 0) is 14.3 Å². The molecule has 0 saturated heterocycles. The Balaban J connectivity index is 2.83. The molecule has 5 nitrogen and oxygen atoms in total. The molecular weight excluding hydrogens is 246 g/mol. The zero-order chi connectivity index (χ0) is 14.4. The van der Waals surface area contributed by atoms with Crippen molar-refractivity contribution in [3.05, 3.63) is 29.3 Å². The van der Waals surface area contributed by atoms with Gasteiger partial charge in [-0.3, -0.25) is 0 Å². The largest absolute Gasteiger partial charge is 0.463 e. The van der Waals surface area contributed by atoms with Crippen LogP contribution in [0.4, 0.5) is 5.69 Å². The van der Waals surface area contributed by atoms with Crippen LogP contribution >= 0.6 is 0 Å². The number of anilines is 1. The average Bonchev–Trinajstić information content (AvgIpc) is 2.39. The van der Waals surface area contributed by atoms with Gasteiger partial charge >= 0.3 is 11.9 Å². The number of hydrogen-bond acceptors (Lipinski definition) is 5. The molecule has 1 aromatic rings. The molecule has 0 aliphatic rings. The van der Waals surface area contributed by atoms with Gasteiger partial charge in [-0.1, -0.05) is 19.1 Å². The number of para-hydroxylation sites is 1. The average molecular weight is 265 g/mol. The second-order valence-corrected chi connectivity index (χ2v) is 4.09. The number of aryl methyl sites for hydroxylation is 1. The van der Waals surface area contributed by atoms with Crippen LogP contribution in [0.25, 0.3) is 0 Å². The molecule has 0 radical (unpaired) electrons. The summed E-state index contributed by atoms with van der Waals surface area (Å²) in [6.45, 7) is 5.49. The van der Waals surface area contributed by atoms with E-state index < -0.39 is 18.0 Å². The van der Waals surface area contributed by atoms with E-state index in [9.17, 15) is 9.59 Å². The highest BCUT2D eigenvalue weighted by atomic mass is 16.6. The first kappa shape index (κ1) is 15.0. The second kappa shape index (κ2) is 6.78. The summed E-state index contributed by atoms with van der Waals surface area (Å²) >= 11 is 0. The first-order chi connectivity index (χ1) is 9.01. The Morgan fingerprint density at radius 3 is 2.58 bits per heavy atom. The summed E-state index contributed by atoms with van der Waals surface area (Å²) in [5.74, 6) is -1.15. The molecule has 1 aromatic carbocycles. The monoisotopic (exact) mass is 265 g/mol. The third-order valence-corrected chi connectivity index (χ3v) is 2.71. The van der Waals surface area contributed by atoms with E-state index in [-0.39, 0.29) is 12.2 Å².